The lowest BCUT2D eigenvalue weighted by Crippen LogP contribution is -2.05. The number of hydrogen-bond donors (Lipinski definition) is 0. The maximum atomic E-state index is 6.00. The van der Waals surface area contributed by atoms with Crippen LogP contribution in [0.5, 0.6) is 0 Å². The molecular weight excluding hydrogens is 172 g/mol. The highest BCUT2D eigenvalue weighted by molar-refractivity contribution is 6.29. The number of aryl methyl sites for hydroxylation is 1. The summed E-state index contributed by atoms with van der Waals surface area (Å²) in [5, 5.41) is 5.13. The minimum Gasteiger partial charge on any atom is -0.251 e. The molecule has 1 atom stereocenters. The van der Waals surface area contributed by atoms with Crippen LogP contribution in [-0.2, 0) is 6.42 Å². The van der Waals surface area contributed by atoms with Gasteiger partial charge >= 0.3 is 0 Å². The van der Waals surface area contributed by atoms with Gasteiger partial charge in [0.15, 0.2) is 0 Å². The van der Waals surface area contributed by atoms with Gasteiger partial charge in [-0.05, 0) is 25.8 Å². The molecule has 1 unspecified atom stereocenters. The van der Waals surface area contributed by atoms with Crippen molar-refractivity contribution in [3.8, 4) is 0 Å². The Balaban J connectivity index is 2.91. The van der Waals surface area contributed by atoms with E-state index in [2.05, 4.69) is 25.9 Å². The van der Waals surface area contributed by atoms with Crippen molar-refractivity contribution < 1.29 is 0 Å². The highest BCUT2D eigenvalue weighted by Crippen LogP contribution is 2.18. The summed E-state index contributed by atoms with van der Waals surface area (Å²) in [4.78, 5) is 0. The first kappa shape index (κ1) is 9.59. The third kappa shape index (κ3) is 1.81. The van der Waals surface area contributed by atoms with Crippen molar-refractivity contribution in [2.75, 3.05) is 0 Å². The molecule has 0 radical (unpaired) electrons. The number of rotatable bonds is 3. The van der Waals surface area contributed by atoms with Crippen LogP contribution in [0.2, 0.25) is 5.15 Å². The maximum absolute atomic E-state index is 6.00. The monoisotopic (exact) mass is 186 g/mol. The number of aromatic nitrogens is 2. The lowest BCUT2D eigenvalue weighted by atomic mass is 10.3. The highest BCUT2D eigenvalue weighted by Gasteiger charge is 2.08. The van der Waals surface area contributed by atoms with Crippen LogP contribution in [0.15, 0.2) is 6.07 Å². The first-order valence-corrected chi connectivity index (χ1v) is 4.80. The van der Waals surface area contributed by atoms with Crippen LogP contribution in [0.1, 0.15) is 38.9 Å². The highest BCUT2D eigenvalue weighted by atomic mass is 35.5. The van der Waals surface area contributed by atoms with Gasteiger partial charge in [0.25, 0.3) is 0 Å². The molecule has 1 rings (SSSR count). The fraction of sp³-hybridized carbons (Fsp3) is 0.667. The van der Waals surface area contributed by atoms with E-state index in [4.69, 9.17) is 11.6 Å². The van der Waals surface area contributed by atoms with Gasteiger partial charge in [0, 0.05) is 0 Å². The molecule has 0 amide bonds. The van der Waals surface area contributed by atoms with Gasteiger partial charge < -0.3 is 0 Å². The zero-order valence-corrected chi connectivity index (χ0v) is 8.60. The van der Waals surface area contributed by atoms with Crippen LogP contribution in [0.4, 0.5) is 0 Å². The average molecular weight is 187 g/mol. The van der Waals surface area contributed by atoms with E-state index in [9.17, 15) is 0 Å². The summed E-state index contributed by atoms with van der Waals surface area (Å²) >= 11 is 6.00. The van der Waals surface area contributed by atoms with E-state index in [1.54, 1.807) is 0 Å². The van der Waals surface area contributed by atoms with Crippen LogP contribution >= 0.6 is 11.6 Å². The molecule has 1 aromatic heterocycles. The Kier molecular flexibility index (Phi) is 3.15. The molecule has 0 saturated carbocycles. The van der Waals surface area contributed by atoms with Crippen LogP contribution < -0.4 is 0 Å². The predicted octanol–water partition coefficient (Wildman–Crippen LogP) is 3.07. The molecule has 2 nitrogen and oxygen atoms in total. The molecule has 1 aromatic rings. The standard InChI is InChI=1S/C9H15ClN2/c1-4-7(3)12-9(10)6-8(5-2)11-12/h6-7H,4-5H2,1-3H3. The molecule has 68 valence electrons. The summed E-state index contributed by atoms with van der Waals surface area (Å²) in [7, 11) is 0. The van der Waals surface area contributed by atoms with Crippen molar-refractivity contribution >= 4 is 11.6 Å². The minimum atomic E-state index is 0.401. The summed E-state index contributed by atoms with van der Waals surface area (Å²) in [5.41, 5.74) is 1.07. The minimum absolute atomic E-state index is 0.401. The summed E-state index contributed by atoms with van der Waals surface area (Å²) in [6, 6.07) is 2.34. The lowest BCUT2D eigenvalue weighted by molar-refractivity contribution is 0.475. The van der Waals surface area contributed by atoms with Crippen LogP contribution in [-0.4, -0.2) is 9.78 Å². The molecule has 12 heavy (non-hydrogen) atoms. The Morgan fingerprint density at radius 2 is 2.25 bits per heavy atom. The number of hydrogen-bond acceptors (Lipinski definition) is 1. The second kappa shape index (κ2) is 3.94. The Labute approximate surface area is 78.5 Å². The molecule has 1 heterocycles. The normalized spacial score (nSPS) is 13.3. The quantitative estimate of drug-likeness (QED) is 0.710. The van der Waals surface area contributed by atoms with E-state index >= 15 is 0 Å². The molecule has 0 N–H and O–H groups in total. The fourth-order valence-electron chi connectivity index (χ4n) is 1.07. The molecule has 0 aromatic carbocycles. The first-order chi connectivity index (χ1) is 5.69. The van der Waals surface area contributed by atoms with Gasteiger partial charge in [0.2, 0.25) is 0 Å². The summed E-state index contributed by atoms with van der Waals surface area (Å²) in [5.74, 6) is 0. The third-order valence-corrected chi connectivity index (χ3v) is 2.39. The van der Waals surface area contributed by atoms with E-state index < -0.39 is 0 Å². The zero-order valence-electron chi connectivity index (χ0n) is 7.84. The van der Waals surface area contributed by atoms with E-state index in [-0.39, 0.29) is 0 Å². The molecule has 0 aliphatic heterocycles. The van der Waals surface area contributed by atoms with Crippen molar-refractivity contribution in [3.63, 3.8) is 0 Å². The van der Waals surface area contributed by atoms with Gasteiger partial charge in [-0.25, -0.2) is 0 Å². The molecule has 0 bridgehead atoms. The van der Waals surface area contributed by atoms with Gasteiger partial charge in [-0.2, -0.15) is 5.10 Å². The first-order valence-electron chi connectivity index (χ1n) is 4.43. The SMILES string of the molecule is CCc1cc(Cl)n(C(C)CC)n1. The van der Waals surface area contributed by atoms with E-state index in [1.807, 2.05) is 10.7 Å². The van der Waals surface area contributed by atoms with E-state index in [1.165, 1.54) is 0 Å². The van der Waals surface area contributed by atoms with Gasteiger partial charge in [-0.15, -0.1) is 0 Å². The largest absolute Gasteiger partial charge is 0.251 e. The molecule has 0 saturated heterocycles. The topological polar surface area (TPSA) is 17.8 Å². The zero-order chi connectivity index (χ0) is 9.14. The van der Waals surface area contributed by atoms with Crippen LogP contribution in [0.3, 0.4) is 0 Å². The molecule has 0 fully saturated rings. The Morgan fingerprint density at radius 3 is 2.67 bits per heavy atom. The number of nitrogens with zero attached hydrogens (tertiary/aromatic N) is 2. The van der Waals surface area contributed by atoms with Gasteiger partial charge in [0.05, 0.1) is 11.7 Å². The molecule has 0 spiro atoms. The predicted molar refractivity (Wildman–Crippen MR) is 51.6 cm³/mol. The van der Waals surface area contributed by atoms with E-state index in [0.717, 1.165) is 23.7 Å². The van der Waals surface area contributed by atoms with Crippen molar-refractivity contribution in [1.29, 1.82) is 0 Å². The van der Waals surface area contributed by atoms with Crippen molar-refractivity contribution in [2.45, 2.75) is 39.7 Å². The summed E-state index contributed by atoms with van der Waals surface area (Å²) in [6.07, 6.45) is 2.01. The smallest absolute Gasteiger partial charge is 0.127 e. The Morgan fingerprint density at radius 1 is 1.58 bits per heavy atom. The Hall–Kier alpha value is -0.500. The molecular formula is C9H15ClN2. The second-order valence-electron chi connectivity index (χ2n) is 3.01. The summed E-state index contributed by atoms with van der Waals surface area (Å²) in [6.45, 7) is 6.34. The Bertz CT molecular complexity index is 255. The average Bonchev–Trinajstić information content (AvgIpc) is 2.45. The van der Waals surface area contributed by atoms with Crippen LogP contribution in [0.25, 0.3) is 0 Å². The maximum Gasteiger partial charge on any atom is 0.127 e. The van der Waals surface area contributed by atoms with Gasteiger partial charge in [-0.3, -0.25) is 4.68 Å². The molecule has 0 aliphatic carbocycles. The van der Waals surface area contributed by atoms with Gasteiger partial charge in [-0.1, -0.05) is 25.4 Å². The van der Waals surface area contributed by atoms with Crippen molar-refractivity contribution in [1.82, 2.24) is 9.78 Å². The fourth-order valence-corrected chi connectivity index (χ4v) is 1.40. The van der Waals surface area contributed by atoms with Crippen molar-refractivity contribution in [3.05, 3.63) is 16.9 Å². The second-order valence-corrected chi connectivity index (χ2v) is 3.40. The third-order valence-electron chi connectivity index (χ3n) is 2.11. The van der Waals surface area contributed by atoms with E-state index in [0.29, 0.717) is 6.04 Å². The summed E-state index contributed by atoms with van der Waals surface area (Å²) < 4.78 is 1.89. The molecule has 3 heteroatoms. The van der Waals surface area contributed by atoms with Gasteiger partial charge in [0.1, 0.15) is 5.15 Å². The lowest BCUT2D eigenvalue weighted by Gasteiger charge is -2.09. The van der Waals surface area contributed by atoms with Crippen molar-refractivity contribution in [2.24, 2.45) is 0 Å². The molecule has 0 aliphatic rings. The van der Waals surface area contributed by atoms with Crippen LogP contribution in [0, 0.1) is 0 Å². The number of halogens is 1.